The molecule has 0 aliphatic carbocycles. The zero-order chi connectivity index (χ0) is 24.1. The van der Waals surface area contributed by atoms with Crippen LogP contribution in [0, 0.1) is 0 Å². The van der Waals surface area contributed by atoms with Gasteiger partial charge < -0.3 is 0 Å². The van der Waals surface area contributed by atoms with E-state index in [1.54, 1.807) is 12.1 Å². The number of rotatable bonds is 9. The number of anilines is 2. The van der Waals surface area contributed by atoms with Gasteiger partial charge >= 0.3 is 0 Å². The van der Waals surface area contributed by atoms with Crippen LogP contribution in [0.2, 0.25) is 0 Å². The summed E-state index contributed by atoms with van der Waals surface area (Å²) in [5, 5.41) is 12.6. The quantitative estimate of drug-likeness (QED) is 0.241. The average Bonchev–Trinajstić information content (AvgIpc) is 3.34. The lowest BCUT2D eigenvalue weighted by molar-refractivity contribution is 0.102. The first kappa shape index (κ1) is 24.0. The van der Waals surface area contributed by atoms with Crippen LogP contribution in [0.15, 0.2) is 64.8 Å². The van der Waals surface area contributed by atoms with Crippen LogP contribution in [0.1, 0.15) is 35.7 Å². The summed E-state index contributed by atoms with van der Waals surface area (Å²) in [5.74, 6) is -0.324. The Morgan fingerprint density at radius 2 is 1.76 bits per heavy atom. The van der Waals surface area contributed by atoms with Gasteiger partial charge in [-0.05, 0) is 60.9 Å². The maximum absolute atomic E-state index is 12.5. The zero-order valence-electron chi connectivity index (χ0n) is 18.6. The van der Waals surface area contributed by atoms with Crippen LogP contribution in [0.4, 0.5) is 21.5 Å². The number of carbonyl (C=O) groups excluding carboxylic acids is 1. The number of fused-ring (bicyclic) bond motifs is 1. The Kier molecular flexibility index (Phi) is 7.35. The van der Waals surface area contributed by atoms with E-state index < -0.39 is 10.0 Å². The van der Waals surface area contributed by atoms with Crippen LogP contribution < -0.4 is 10.0 Å². The summed E-state index contributed by atoms with van der Waals surface area (Å²) in [6, 6.07) is 16.2. The van der Waals surface area contributed by atoms with Crippen LogP contribution in [0.5, 0.6) is 0 Å². The number of nitrogens with one attached hydrogen (secondary N) is 2. The lowest BCUT2D eigenvalue weighted by Crippen LogP contribution is -2.12. The molecule has 8 nitrogen and oxygen atoms in total. The Morgan fingerprint density at radius 3 is 2.41 bits per heavy atom. The summed E-state index contributed by atoms with van der Waals surface area (Å²) in [6.07, 6.45) is 4.50. The van der Waals surface area contributed by atoms with E-state index >= 15 is 0 Å². The summed E-state index contributed by atoms with van der Waals surface area (Å²) in [5.41, 5.74) is 2.89. The number of azo groups is 1. The predicted molar refractivity (Wildman–Crippen MR) is 140 cm³/mol. The van der Waals surface area contributed by atoms with E-state index in [0.717, 1.165) is 32.9 Å². The fourth-order valence-electron chi connectivity index (χ4n) is 3.12. The van der Waals surface area contributed by atoms with E-state index in [4.69, 9.17) is 0 Å². The van der Waals surface area contributed by atoms with E-state index in [0.29, 0.717) is 16.4 Å². The van der Waals surface area contributed by atoms with Crippen molar-refractivity contribution >= 4 is 69.6 Å². The number of aryl methyl sites for hydroxylation is 1. The van der Waals surface area contributed by atoms with Gasteiger partial charge in [0, 0.05) is 11.3 Å². The topological polar surface area (TPSA) is 113 Å². The molecule has 1 amide bonds. The lowest BCUT2D eigenvalue weighted by Gasteiger charge is -2.05. The largest absolute Gasteiger partial charge is 0.298 e. The van der Waals surface area contributed by atoms with Crippen LogP contribution in [0.25, 0.3) is 9.53 Å². The number of unbranched alkanes of at least 4 members (excludes halogenated alkanes) is 1. The molecule has 0 fully saturated rings. The Balaban J connectivity index is 1.38. The third-order valence-corrected chi connectivity index (χ3v) is 7.33. The van der Waals surface area contributed by atoms with Crippen molar-refractivity contribution in [1.82, 2.24) is 4.98 Å². The minimum absolute atomic E-state index is 0.324. The highest BCUT2D eigenvalue weighted by Gasteiger charge is 2.13. The third-order valence-electron chi connectivity index (χ3n) is 4.77. The average molecular weight is 514 g/mol. The molecular weight excluding hydrogens is 490 g/mol. The van der Waals surface area contributed by atoms with Gasteiger partial charge in [-0.3, -0.25) is 14.8 Å². The maximum atomic E-state index is 12.5. The normalized spacial score (nSPS) is 11.8. The SMILES string of the molecule is CCCCc1ccc(N=Nc2cc3sc(NC(=O)c4ccc(NS(C)(=O)=O)cc4)nc3s2)cc1. The van der Waals surface area contributed by atoms with Gasteiger partial charge in [0.15, 0.2) is 5.13 Å². The molecule has 0 bridgehead atoms. The molecule has 0 atom stereocenters. The Bertz CT molecular complexity index is 1390. The number of thiophene rings is 1. The van der Waals surface area contributed by atoms with Crippen LogP contribution in [0.3, 0.4) is 0 Å². The molecule has 176 valence electrons. The van der Waals surface area contributed by atoms with Crippen molar-refractivity contribution in [1.29, 1.82) is 0 Å². The van der Waals surface area contributed by atoms with Crippen molar-refractivity contribution < 1.29 is 13.2 Å². The molecule has 0 radical (unpaired) electrons. The summed E-state index contributed by atoms with van der Waals surface area (Å²) in [7, 11) is -3.37. The third kappa shape index (κ3) is 6.46. The van der Waals surface area contributed by atoms with Crippen molar-refractivity contribution in [2.45, 2.75) is 26.2 Å². The van der Waals surface area contributed by atoms with Gasteiger partial charge in [0.2, 0.25) is 10.0 Å². The Labute approximate surface area is 205 Å². The highest BCUT2D eigenvalue weighted by Crippen LogP contribution is 2.38. The molecule has 2 aromatic carbocycles. The molecule has 11 heteroatoms. The van der Waals surface area contributed by atoms with Gasteiger partial charge in [-0.1, -0.05) is 48.2 Å². The van der Waals surface area contributed by atoms with Crippen LogP contribution >= 0.6 is 22.7 Å². The van der Waals surface area contributed by atoms with Crippen molar-refractivity contribution in [3.63, 3.8) is 0 Å². The standard InChI is InChI=1S/C23H23N5O3S3/c1-3-4-5-15-6-10-17(11-7-15)26-27-20-14-19-22(33-20)25-23(32-19)24-21(29)16-8-12-18(13-9-16)28-34(2,30)31/h6-14,28H,3-5H2,1-2H3,(H,24,25,29). The first-order valence-electron chi connectivity index (χ1n) is 10.6. The van der Waals surface area contributed by atoms with Gasteiger partial charge in [0.1, 0.15) is 9.83 Å². The minimum Gasteiger partial charge on any atom is -0.298 e. The second-order valence-electron chi connectivity index (χ2n) is 7.65. The van der Waals surface area contributed by atoms with Crippen molar-refractivity contribution in [3.8, 4) is 0 Å². The first-order valence-corrected chi connectivity index (χ1v) is 14.1. The molecule has 2 heterocycles. The fourth-order valence-corrected chi connectivity index (χ4v) is 5.61. The molecule has 0 unspecified atom stereocenters. The molecule has 2 N–H and O–H groups in total. The molecule has 34 heavy (non-hydrogen) atoms. The Hall–Kier alpha value is -3.15. The molecule has 0 aliphatic rings. The molecule has 0 aliphatic heterocycles. The van der Waals surface area contributed by atoms with Crippen molar-refractivity contribution in [2.24, 2.45) is 10.2 Å². The molecule has 0 spiro atoms. The summed E-state index contributed by atoms with van der Waals surface area (Å²) >= 11 is 2.76. The molecular formula is C23H23N5O3S3. The number of aromatic nitrogens is 1. The number of hydrogen-bond acceptors (Lipinski definition) is 8. The number of amides is 1. The van der Waals surface area contributed by atoms with Gasteiger partial charge in [-0.2, -0.15) is 0 Å². The van der Waals surface area contributed by atoms with E-state index in [-0.39, 0.29) is 5.91 Å². The van der Waals surface area contributed by atoms with E-state index in [1.165, 1.54) is 53.2 Å². The number of thiazole rings is 1. The first-order chi connectivity index (χ1) is 16.3. The van der Waals surface area contributed by atoms with Gasteiger partial charge in [0.05, 0.1) is 16.6 Å². The Morgan fingerprint density at radius 1 is 1.03 bits per heavy atom. The van der Waals surface area contributed by atoms with Crippen molar-refractivity contribution in [3.05, 3.63) is 65.7 Å². The van der Waals surface area contributed by atoms with Gasteiger partial charge in [0.25, 0.3) is 5.91 Å². The van der Waals surface area contributed by atoms with E-state index in [1.807, 2.05) is 18.2 Å². The predicted octanol–water partition coefficient (Wildman–Crippen LogP) is 6.74. The van der Waals surface area contributed by atoms with E-state index in [9.17, 15) is 13.2 Å². The number of sulfonamides is 1. The highest BCUT2D eigenvalue weighted by atomic mass is 32.2. The minimum atomic E-state index is -3.37. The van der Waals surface area contributed by atoms with Crippen LogP contribution in [-0.4, -0.2) is 25.6 Å². The summed E-state index contributed by atoms with van der Waals surface area (Å²) in [4.78, 5) is 17.8. The van der Waals surface area contributed by atoms with Gasteiger partial charge in [-0.25, -0.2) is 13.4 Å². The second kappa shape index (κ2) is 10.4. The highest BCUT2D eigenvalue weighted by molar-refractivity contribution is 7.92. The van der Waals surface area contributed by atoms with Crippen molar-refractivity contribution in [2.75, 3.05) is 16.3 Å². The van der Waals surface area contributed by atoms with Gasteiger partial charge in [-0.15, -0.1) is 10.2 Å². The molecule has 4 aromatic rings. The molecule has 4 rings (SSSR count). The number of nitrogens with zero attached hydrogens (tertiary/aromatic N) is 3. The lowest BCUT2D eigenvalue weighted by atomic mass is 10.1. The number of hydrogen-bond donors (Lipinski definition) is 2. The molecule has 0 saturated carbocycles. The fraction of sp³-hybridized carbons (Fsp3) is 0.217. The maximum Gasteiger partial charge on any atom is 0.257 e. The molecule has 2 aromatic heterocycles. The van der Waals surface area contributed by atoms with Crippen LogP contribution in [-0.2, 0) is 16.4 Å². The smallest absolute Gasteiger partial charge is 0.257 e. The number of carbonyl (C=O) groups is 1. The monoisotopic (exact) mass is 513 g/mol. The second-order valence-corrected chi connectivity index (χ2v) is 11.4. The van der Waals surface area contributed by atoms with E-state index in [2.05, 4.69) is 44.3 Å². The summed E-state index contributed by atoms with van der Waals surface area (Å²) in [6.45, 7) is 2.18. The molecule has 0 saturated heterocycles. The number of benzene rings is 2. The summed E-state index contributed by atoms with van der Waals surface area (Å²) < 4.78 is 25.9. The zero-order valence-corrected chi connectivity index (χ0v) is 21.1.